The molecule has 5 rings (SSSR count). The van der Waals surface area contributed by atoms with E-state index in [4.69, 9.17) is 9.97 Å². The summed E-state index contributed by atoms with van der Waals surface area (Å²) in [6.07, 6.45) is 0.903. The standard InChI is InChI=1S/C26H26N4/c1-16-12-17(2)14-19(13-16)15-20(26-29-23-10-6-7-11-24(23)30-26)18(3)25-27-21-8-4-5-9-22(21)28-25/h4-14,18,20H,15H2,1-3H3,(H,27,28)(H,29,30)/t18-,20+/m0/s1. The van der Waals surface area contributed by atoms with Crippen LogP contribution < -0.4 is 0 Å². The van der Waals surface area contributed by atoms with E-state index in [1.54, 1.807) is 0 Å². The van der Waals surface area contributed by atoms with Crippen LogP contribution in [0.15, 0.2) is 66.7 Å². The van der Waals surface area contributed by atoms with Gasteiger partial charge in [-0.25, -0.2) is 9.97 Å². The molecule has 0 saturated carbocycles. The average molecular weight is 395 g/mol. The molecule has 0 unspecified atom stereocenters. The first-order valence-corrected chi connectivity index (χ1v) is 10.5. The number of imidazole rings is 2. The zero-order valence-corrected chi connectivity index (χ0v) is 17.6. The Morgan fingerprint density at radius 3 is 1.87 bits per heavy atom. The molecule has 150 valence electrons. The van der Waals surface area contributed by atoms with Crippen molar-refractivity contribution in [2.24, 2.45) is 0 Å². The molecule has 2 aromatic heterocycles. The van der Waals surface area contributed by atoms with Gasteiger partial charge in [0.15, 0.2) is 0 Å². The molecule has 5 aromatic rings. The van der Waals surface area contributed by atoms with E-state index in [1.807, 2.05) is 24.3 Å². The molecule has 4 nitrogen and oxygen atoms in total. The number of hydrogen-bond acceptors (Lipinski definition) is 2. The van der Waals surface area contributed by atoms with Crippen molar-refractivity contribution in [1.82, 2.24) is 19.9 Å². The van der Waals surface area contributed by atoms with Crippen LogP contribution >= 0.6 is 0 Å². The van der Waals surface area contributed by atoms with Crippen molar-refractivity contribution in [3.05, 3.63) is 95.1 Å². The first-order valence-electron chi connectivity index (χ1n) is 10.5. The normalized spacial score (nSPS) is 13.7. The van der Waals surface area contributed by atoms with Gasteiger partial charge in [0.25, 0.3) is 0 Å². The third-order valence-corrected chi connectivity index (χ3v) is 5.94. The molecule has 3 aromatic carbocycles. The maximum absolute atomic E-state index is 4.96. The summed E-state index contributed by atoms with van der Waals surface area (Å²) in [7, 11) is 0. The lowest BCUT2D eigenvalue weighted by atomic mass is 9.86. The zero-order chi connectivity index (χ0) is 20.7. The average Bonchev–Trinajstić information content (AvgIpc) is 3.34. The summed E-state index contributed by atoms with van der Waals surface area (Å²) in [6.45, 7) is 6.57. The monoisotopic (exact) mass is 394 g/mol. The van der Waals surface area contributed by atoms with Crippen molar-refractivity contribution >= 4 is 22.1 Å². The van der Waals surface area contributed by atoms with Crippen LogP contribution in [0.2, 0.25) is 0 Å². The van der Waals surface area contributed by atoms with Crippen LogP contribution in [0.4, 0.5) is 0 Å². The topological polar surface area (TPSA) is 57.4 Å². The second kappa shape index (κ2) is 7.45. The van der Waals surface area contributed by atoms with Crippen molar-refractivity contribution < 1.29 is 0 Å². The fourth-order valence-corrected chi connectivity index (χ4v) is 4.48. The molecule has 4 heteroatoms. The third-order valence-electron chi connectivity index (χ3n) is 5.94. The summed E-state index contributed by atoms with van der Waals surface area (Å²) in [5.41, 5.74) is 8.10. The third kappa shape index (κ3) is 3.50. The molecule has 0 fully saturated rings. The molecule has 0 radical (unpaired) electrons. The molecule has 0 bridgehead atoms. The summed E-state index contributed by atoms with van der Waals surface area (Å²) in [5, 5.41) is 0. The van der Waals surface area contributed by atoms with E-state index in [0.717, 1.165) is 40.1 Å². The lowest BCUT2D eigenvalue weighted by Gasteiger charge is -2.21. The van der Waals surface area contributed by atoms with E-state index < -0.39 is 0 Å². The van der Waals surface area contributed by atoms with Crippen LogP contribution in [0.1, 0.15) is 47.1 Å². The minimum atomic E-state index is 0.179. The minimum absolute atomic E-state index is 0.179. The van der Waals surface area contributed by atoms with E-state index in [9.17, 15) is 0 Å². The van der Waals surface area contributed by atoms with Gasteiger partial charge in [-0.1, -0.05) is 60.5 Å². The van der Waals surface area contributed by atoms with Gasteiger partial charge in [0.05, 0.1) is 22.1 Å². The zero-order valence-electron chi connectivity index (χ0n) is 17.6. The van der Waals surface area contributed by atoms with Gasteiger partial charge < -0.3 is 9.97 Å². The van der Waals surface area contributed by atoms with Crippen molar-refractivity contribution in [3.63, 3.8) is 0 Å². The number of hydrogen-bond donors (Lipinski definition) is 2. The van der Waals surface area contributed by atoms with Gasteiger partial charge in [-0.3, -0.25) is 0 Å². The molecule has 0 aliphatic rings. The van der Waals surface area contributed by atoms with Crippen LogP contribution in [0.5, 0.6) is 0 Å². The van der Waals surface area contributed by atoms with E-state index >= 15 is 0 Å². The predicted octanol–water partition coefficient (Wildman–Crippen LogP) is 6.19. The van der Waals surface area contributed by atoms with Crippen molar-refractivity contribution in [1.29, 1.82) is 0 Å². The number of H-pyrrole nitrogens is 2. The van der Waals surface area contributed by atoms with Crippen molar-refractivity contribution in [3.8, 4) is 0 Å². The summed E-state index contributed by atoms with van der Waals surface area (Å²) < 4.78 is 0. The van der Waals surface area contributed by atoms with E-state index in [2.05, 4.69) is 73.2 Å². The van der Waals surface area contributed by atoms with Gasteiger partial charge in [-0.05, 0) is 50.1 Å². The summed E-state index contributed by atoms with van der Waals surface area (Å²) in [4.78, 5) is 17.0. The van der Waals surface area contributed by atoms with Crippen molar-refractivity contribution in [2.45, 2.75) is 39.0 Å². The number of nitrogens with zero attached hydrogens (tertiary/aromatic N) is 2. The number of aromatic nitrogens is 4. The van der Waals surface area contributed by atoms with Gasteiger partial charge in [0, 0.05) is 11.8 Å². The van der Waals surface area contributed by atoms with Crippen LogP contribution in [-0.4, -0.2) is 19.9 Å². The fraction of sp³-hybridized carbons (Fsp3) is 0.231. The quantitative estimate of drug-likeness (QED) is 0.374. The van der Waals surface area contributed by atoms with Gasteiger partial charge >= 0.3 is 0 Å². The Morgan fingerprint density at radius 2 is 1.27 bits per heavy atom. The molecule has 30 heavy (non-hydrogen) atoms. The van der Waals surface area contributed by atoms with Crippen LogP contribution in [0.3, 0.4) is 0 Å². The lowest BCUT2D eigenvalue weighted by molar-refractivity contribution is 0.530. The number of para-hydroxylation sites is 4. The Morgan fingerprint density at radius 1 is 0.733 bits per heavy atom. The molecule has 0 amide bonds. The fourth-order valence-electron chi connectivity index (χ4n) is 4.48. The number of aryl methyl sites for hydroxylation is 2. The minimum Gasteiger partial charge on any atom is -0.342 e. The Labute approximate surface area is 176 Å². The second-order valence-electron chi connectivity index (χ2n) is 8.37. The van der Waals surface area contributed by atoms with Gasteiger partial charge in [0.1, 0.15) is 11.6 Å². The molecule has 2 heterocycles. The predicted molar refractivity (Wildman–Crippen MR) is 123 cm³/mol. The van der Waals surface area contributed by atoms with Gasteiger partial charge in [0.2, 0.25) is 0 Å². The maximum Gasteiger partial charge on any atom is 0.111 e. The highest BCUT2D eigenvalue weighted by Gasteiger charge is 2.27. The Kier molecular flexibility index (Phi) is 4.62. The number of rotatable bonds is 5. The Bertz CT molecular complexity index is 1240. The highest BCUT2D eigenvalue weighted by Crippen LogP contribution is 2.35. The van der Waals surface area contributed by atoms with Crippen molar-refractivity contribution in [2.75, 3.05) is 0 Å². The number of benzene rings is 3. The van der Waals surface area contributed by atoms with E-state index in [1.165, 1.54) is 16.7 Å². The van der Waals surface area contributed by atoms with Gasteiger partial charge in [-0.15, -0.1) is 0 Å². The van der Waals surface area contributed by atoms with E-state index in [0.29, 0.717) is 0 Å². The van der Waals surface area contributed by atoms with E-state index in [-0.39, 0.29) is 11.8 Å². The molecule has 0 saturated heterocycles. The molecular formula is C26H26N4. The van der Waals surface area contributed by atoms with Crippen LogP contribution in [0.25, 0.3) is 22.1 Å². The summed E-state index contributed by atoms with van der Waals surface area (Å²) >= 11 is 0. The van der Waals surface area contributed by atoms with Crippen LogP contribution in [-0.2, 0) is 6.42 Å². The highest BCUT2D eigenvalue weighted by atomic mass is 15.0. The Hall–Kier alpha value is -3.40. The molecule has 0 aliphatic heterocycles. The Balaban J connectivity index is 1.59. The first-order chi connectivity index (χ1) is 14.6. The van der Waals surface area contributed by atoms with Gasteiger partial charge in [-0.2, -0.15) is 0 Å². The molecule has 0 spiro atoms. The molecule has 2 N–H and O–H groups in total. The molecular weight excluding hydrogens is 368 g/mol. The highest BCUT2D eigenvalue weighted by molar-refractivity contribution is 5.75. The SMILES string of the molecule is Cc1cc(C)cc(C[C@@H](c2nc3ccccc3[nH]2)[C@H](C)c2nc3ccccc3[nH]2)c1. The lowest BCUT2D eigenvalue weighted by Crippen LogP contribution is -2.14. The summed E-state index contributed by atoms with van der Waals surface area (Å²) in [6, 6.07) is 23.2. The molecule has 2 atom stereocenters. The number of fused-ring (bicyclic) bond motifs is 2. The maximum atomic E-state index is 4.96. The first kappa shape index (κ1) is 18.6. The largest absolute Gasteiger partial charge is 0.342 e. The number of nitrogens with one attached hydrogen (secondary N) is 2. The number of aromatic amines is 2. The van der Waals surface area contributed by atoms with Crippen LogP contribution in [0, 0.1) is 13.8 Å². The summed E-state index contributed by atoms with van der Waals surface area (Å²) in [5.74, 6) is 2.38. The molecule has 0 aliphatic carbocycles. The second-order valence-corrected chi connectivity index (χ2v) is 8.37. The smallest absolute Gasteiger partial charge is 0.111 e.